The number of aromatic nitrogens is 1. The Morgan fingerprint density at radius 1 is 1.05 bits per heavy atom. The third kappa shape index (κ3) is 2.63. The van der Waals surface area contributed by atoms with Crippen LogP contribution in [0.1, 0.15) is 5.56 Å². The molecule has 0 bridgehead atoms. The van der Waals surface area contributed by atoms with Crippen LogP contribution in [0, 0.1) is 6.92 Å². The van der Waals surface area contributed by atoms with Crippen molar-refractivity contribution in [1.29, 1.82) is 0 Å². The minimum atomic E-state index is 0.385. The molecule has 1 aromatic heterocycles. The van der Waals surface area contributed by atoms with E-state index in [9.17, 15) is 0 Å². The Morgan fingerprint density at radius 3 is 2.57 bits per heavy atom. The van der Waals surface area contributed by atoms with Gasteiger partial charge in [-0.1, -0.05) is 61.3 Å². The number of benzene rings is 2. The van der Waals surface area contributed by atoms with E-state index in [1.807, 2.05) is 49.4 Å². The molecule has 3 rings (SSSR count). The molecule has 0 atom stereocenters. The van der Waals surface area contributed by atoms with Crippen molar-refractivity contribution >= 4 is 37.7 Å². The average Bonchev–Trinajstić information content (AvgIpc) is 2.84. The first-order chi connectivity index (χ1) is 10.1. The van der Waals surface area contributed by atoms with Crippen molar-refractivity contribution in [3.8, 4) is 22.5 Å². The number of halogens is 2. The van der Waals surface area contributed by atoms with Crippen LogP contribution in [0.5, 0.6) is 0 Å². The summed E-state index contributed by atoms with van der Waals surface area (Å²) >= 11 is 7.05. The number of nitrogens with two attached hydrogens (primary N) is 1. The highest BCUT2D eigenvalue weighted by Gasteiger charge is 2.20. The molecule has 3 nitrogen and oxygen atoms in total. The molecule has 0 saturated heterocycles. The molecule has 1 heterocycles. The molecule has 0 aliphatic heterocycles. The van der Waals surface area contributed by atoms with Gasteiger partial charge in [-0.15, -0.1) is 0 Å². The van der Waals surface area contributed by atoms with Gasteiger partial charge in [0.05, 0.1) is 5.56 Å². The Kier molecular flexibility index (Phi) is 3.87. The maximum absolute atomic E-state index is 6.03. The summed E-state index contributed by atoms with van der Waals surface area (Å²) in [7, 11) is 0. The summed E-state index contributed by atoms with van der Waals surface area (Å²) < 4.78 is 7.45. The number of rotatable bonds is 2. The van der Waals surface area contributed by atoms with Crippen LogP contribution >= 0.6 is 31.9 Å². The number of anilines is 1. The number of aryl methyl sites for hydroxylation is 1. The maximum atomic E-state index is 6.03. The molecule has 0 saturated carbocycles. The van der Waals surface area contributed by atoms with Gasteiger partial charge < -0.3 is 10.3 Å². The predicted octanol–water partition coefficient (Wildman–Crippen LogP) is 5.42. The van der Waals surface area contributed by atoms with E-state index < -0.39 is 0 Å². The van der Waals surface area contributed by atoms with Gasteiger partial charge in [-0.2, -0.15) is 0 Å². The molecule has 5 heteroatoms. The fraction of sp³-hybridized carbons (Fsp3) is 0.0625. The number of hydrogen-bond donors (Lipinski definition) is 1. The zero-order valence-electron chi connectivity index (χ0n) is 11.2. The van der Waals surface area contributed by atoms with Crippen molar-refractivity contribution in [2.75, 3.05) is 5.73 Å². The Labute approximate surface area is 139 Å². The van der Waals surface area contributed by atoms with Crippen LogP contribution in [-0.2, 0) is 0 Å². The minimum Gasteiger partial charge on any atom is -0.380 e. The molecule has 0 fully saturated rings. The topological polar surface area (TPSA) is 52.0 Å². The van der Waals surface area contributed by atoms with Gasteiger partial charge in [0.2, 0.25) is 0 Å². The predicted molar refractivity (Wildman–Crippen MR) is 91.9 cm³/mol. The quantitative estimate of drug-likeness (QED) is 0.616. The molecule has 3 aromatic rings. The van der Waals surface area contributed by atoms with E-state index >= 15 is 0 Å². The molecule has 0 spiro atoms. The van der Waals surface area contributed by atoms with Crippen LogP contribution in [-0.4, -0.2) is 5.16 Å². The van der Waals surface area contributed by atoms with Gasteiger partial charge >= 0.3 is 0 Å². The highest BCUT2D eigenvalue weighted by atomic mass is 79.9. The maximum Gasteiger partial charge on any atom is 0.177 e. The number of nitrogens with zero attached hydrogens (tertiary/aromatic N) is 1. The summed E-state index contributed by atoms with van der Waals surface area (Å²) in [6.07, 6.45) is 0. The fourth-order valence-electron chi connectivity index (χ4n) is 2.25. The van der Waals surface area contributed by atoms with Crippen molar-refractivity contribution in [1.82, 2.24) is 5.16 Å². The second-order valence-electron chi connectivity index (χ2n) is 4.71. The highest BCUT2D eigenvalue weighted by molar-refractivity contribution is 9.10. The normalized spacial score (nSPS) is 10.8. The van der Waals surface area contributed by atoms with E-state index in [0.29, 0.717) is 11.6 Å². The largest absolute Gasteiger partial charge is 0.380 e. The summed E-state index contributed by atoms with van der Waals surface area (Å²) in [6.45, 7) is 2.03. The lowest BCUT2D eigenvalue weighted by molar-refractivity contribution is 0.436. The van der Waals surface area contributed by atoms with Crippen LogP contribution in [0.2, 0.25) is 0 Å². The third-order valence-corrected chi connectivity index (χ3v) is 4.49. The first-order valence-electron chi connectivity index (χ1n) is 6.34. The van der Waals surface area contributed by atoms with Crippen molar-refractivity contribution in [2.24, 2.45) is 0 Å². The van der Waals surface area contributed by atoms with Crippen molar-refractivity contribution < 1.29 is 4.52 Å². The highest BCUT2D eigenvalue weighted by Crippen LogP contribution is 2.41. The van der Waals surface area contributed by atoms with Gasteiger partial charge in [0.25, 0.3) is 0 Å². The molecule has 0 unspecified atom stereocenters. The minimum absolute atomic E-state index is 0.385. The van der Waals surface area contributed by atoms with Gasteiger partial charge in [-0.3, -0.25) is 0 Å². The Hall–Kier alpha value is -1.59. The fourth-order valence-corrected chi connectivity index (χ4v) is 3.09. The monoisotopic (exact) mass is 406 g/mol. The number of nitrogen functional groups attached to an aromatic ring is 1. The van der Waals surface area contributed by atoms with Crippen molar-refractivity contribution in [2.45, 2.75) is 6.92 Å². The van der Waals surface area contributed by atoms with Crippen molar-refractivity contribution in [3.63, 3.8) is 0 Å². The van der Waals surface area contributed by atoms with Crippen LogP contribution in [0.25, 0.3) is 22.5 Å². The molecular formula is C16H12Br2N2O. The molecule has 2 aromatic carbocycles. The van der Waals surface area contributed by atoms with E-state index in [2.05, 4.69) is 37.0 Å². The summed E-state index contributed by atoms with van der Waals surface area (Å²) in [6, 6.07) is 13.9. The van der Waals surface area contributed by atoms with Crippen LogP contribution in [0.3, 0.4) is 0 Å². The molecule has 0 aliphatic carbocycles. The van der Waals surface area contributed by atoms with Crippen LogP contribution < -0.4 is 5.73 Å². The summed E-state index contributed by atoms with van der Waals surface area (Å²) in [5, 5.41) is 3.95. The third-order valence-electron chi connectivity index (χ3n) is 3.31. The lowest BCUT2D eigenvalue weighted by Crippen LogP contribution is -1.90. The molecular weight excluding hydrogens is 396 g/mol. The Bertz CT molecular complexity index is 812. The first-order valence-corrected chi connectivity index (χ1v) is 7.93. The zero-order valence-corrected chi connectivity index (χ0v) is 14.4. The summed E-state index contributed by atoms with van der Waals surface area (Å²) in [4.78, 5) is 0. The molecule has 21 heavy (non-hydrogen) atoms. The van der Waals surface area contributed by atoms with E-state index in [1.165, 1.54) is 0 Å². The molecule has 0 amide bonds. The Morgan fingerprint density at radius 2 is 1.81 bits per heavy atom. The first kappa shape index (κ1) is 14.4. The lowest BCUT2D eigenvalue weighted by Gasteiger charge is -2.07. The Balaban J connectivity index is 2.27. The van der Waals surface area contributed by atoms with E-state index in [0.717, 1.165) is 31.2 Å². The molecule has 106 valence electrons. The zero-order chi connectivity index (χ0) is 15.0. The van der Waals surface area contributed by atoms with Gasteiger partial charge in [0.1, 0.15) is 0 Å². The molecule has 0 aliphatic rings. The second-order valence-corrected chi connectivity index (χ2v) is 6.48. The van der Waals surface area contributed by atoms with Gasteiger partial charge in [0, 0.05) is 20.1 Å². The summed E-state index contributed by atoms with van der Waals surface area (Å²) in [5.41, 5.74) is 9.87. The average molecular weight is 408 g/mol. The van der Waals surface area contributed by atoms with E-state index in [1.54, 1.807) is 0 Å². The standard InChI is InChI=1S/C16H12Br2N2O/c1-9-6-7-10(17)8-12(9)15-14(16(19)20-21-15)11-4-2-3-5-13(11)18/h2-8H,1H3,(H2,19,20). The molecule has 0 radical (unpaired) electrons. The van der Waals surface area contributed by atoms with Gasteiger partial charge in [-0.05, 0) is 30.7 Å². The van der Waals surface area contributed by atoms with Crippen LogP contribution in [0.4, 0.5) is 5.82 Å². The lowest BCUT2D eigenvalue weighted by atomic mass is 9.99. The smallest absolute Gasteiger partial charge is 0.177 e. The second kappa shape index (κ2) is 5.66. The summed E-state index contributed by atoms with van der Waals surface area (Å²) in [5.74, 6) is 1.06. The van der Waals surface area contributed by atoms with E-state index in [-0.39, 0.29) is 0 Å². The van der Waals surface area contributed by atoms with E-state index in [4.69, 9.17) is 10.3 Å². The SMILES string of the molecule is Cc1ccc(Br)cc1-c1onc(N)c1-c1ccccc1Br. The number of hydrogen-bond acceptors (Lipinski definition) is 3. The molecule has 2 N–H and O–H groups in total. The van der Waals surface area contributed by atoms with Crippen molar-refractivity contribution in [3.05, 3.63) is 57.0 Å². The van der Waals surface area contributed by atoms with Gasteiger partial charge in [-0.25, -0.2) is 0 Å². The van der Waals surface area contributed by atoms with Crippen LogP contribution in [0.15, 0.2) is 55.9 Å². The van der Waals surface area contributed by atoms with Gasteiger partial charge in [0.15, 0.2) is 11.6 Å².